The first kappa shape index (κ1) is 13.4. The summed E-state index contributed by atoms with van der Waals surface area (Å²) in [6.45, 7) is 0. The quantitative estimate of drug-likeness (QED) is 0.456. The Labute approximate surface area is 102 Å². The molecule has 1 rings (SSSR count). The Bertz CT molecular complexity index is 430. The Morgan fingerprint density at radius 3 is 2.38 bits per heavy atom. The highest BCUT2D eigenvalue weighted by molar-refractivity contribution is 9.09. The summed E-state index contributed by atoms with van der Waals surface area (Å²) in [6.07, 6.45) is -4.79. The van der Waals surface area contributed by atoms with E-state index in [0.29, 0.717) is 6.07 Å². The van der Waals surface area contributed by atoms with Crippen molar-refractivity contribution in [3.63, 3.8) is 0 Å². The molecule has 0 aliphatic rings. The van der Waals surface area contributed by atoms with Crippen LogP contribution in [0.4, 0.5) is 17.6 Å². The summed E-state index contributed by atoms with van der Waals surface area (Å²) in [5, 5.41) is -1.01. The highest BCUT2D eigenvalue weighted by atomic mass is 79.9. The average molecular weight is 319 g/mol. The third kappa shape index (κ3) is 2.74. The maximum atomic E-state index is 12.9. The molecule has 1 aromatic carbocycles. The van der Waals surface area contributed by atoms with Gasteiger partial charge in [-0.05, 0) is 12.1 Å². The zero-order chi connectivity index (χ0) is 12.5. The molecule has 1 aromatic rings. The van der Waals surface area contributed by atoms with Crippen molar-refractivity contribution in [2.24, 2.45) is 0 Å². The third-order valence-electron chi connectivity index (χ3n) is 1.76. The van der Waals surface area contributed by atoms with Gasteiger partial charge in [-0.1, -0.05) is 27.5 Å². The van der Waals surface area contributed by atoms with E-state index in [1.54, 1.807) is 0 Å². The summed E-state index contributed by atoms with van der Waals surface area (Å²) >= 11 is 8.18. The summed E-state index contributed by atoms with van der Waals surface area (Å²) in [5.41, 5.74) is -1.83. The van der Waals surface area contributed by atoms with Crippen LogP contribution in [0.5, 0.6) is 0 Å². The molecule has 0 unspecified atom stereocenters. The fourth-order valence-electron chi connectivity index (χ4n) is 1.07. The number of benzene rings is 1. The van der Waals surface area contributed by atoms with Gasteiger partial charge in [-0.2, -0.15) is 13.2 Å². The molecule has 0 atom stereocenters. The fraction of sp³-hybridized carbons (Fsp3) is 0.222. The van der Waals surface area contributed by atoms with Crippen LogP contribution in [-0.4, -0.2) is 11.1 Å². The Kier molecular flexibility index (Phi) is 3.96. The number of Topliss-reactive ketones (excluding diaryl/α,β-unsaturated/α-hetero) is 1. The molecule has 0 spiro atoms. The number of rotatable bonds is 2. The van der Waals surface area contributed by atoms with Gasteiger partial charge in [0.25, 0.3) is 0 Å². The second-order valence-corrected chi connectivity index (χ2v) is 3.81. The minimum Gasteiger partial charge on any atom is -0.293 e. The second-order valence-electron chi connectivity index (χ2n) is 2.87. The Morgan fingerprint density at radius 1 is 1.38 bits per heavy atom. The molecule has 0 aromatic heterocycles. The fourth-order valence-corrected chi connectivity index (χ4v) is 1.69. The van der Waals surface area contributed by atoms with Gasteiger partial charge in [0.2, 0.25) is 0 Å². The van der Waals surface area contributed by atoms with Gasteiger partial charge in [0, 0.05) is 5.56 Å². The zero-order valence-electron chi connectivity index (χ0n) is 7.54. The van der Waals surface area contributed by atoms with Crippen molar-refractivity contribution in [2.45, 2.75) is 6.18 Å². The molecule has 0 N–H and O–H groups in total. The maximum absolute atomic E-state index is 12.9. The van der Waals surface area contributed by atoms with E-state index >= 15 is 0 Å². The van der Waals surface area contributed by atoms with Gasteiger partial charge in [0.05, 0.1) is 15.9 Å². The van der Waals surface area contributed by atoms with Crippen molar-refractivity contribution in [3.8, 4) is 0 Å². The number of halogens is 6. The molecule has 88 valence electrons. The smallest absolute Gasteiger partial charge is 0.293 e. The van der Waals surface area contributed by atoms with Crippen LogP contribution < -0.4 is 0 Å². The predicted octanol–water partition coefficient (Wildman–Crippen LogP) is 4.08. The lowest BCUT2D eigenvalue weighted by molar-refractivity contribution is -0.137. The largest absolute Gasteiger partial charge is 0.417 e. The van der Waals surface area contributed by atoms with Gasteiger partial charge in [-0.15, -0.1) is 0 Å². The SMILES string of the molecule is O=C(CBr)c1cc(F)cc(C(F)(F)F)c1Cl. The monoisotopic (exact) mass is 318 g/mol. The molecule has 0 bridgehead atoms. The van der Waals surface area contributed by atoms with E-state index in [2.05, 4.69) is 15.9 Å². The van der Waals surface area contributed by atoms with E-state index in [-0.39, 0.29) is 11.4 Å². The molecule has 1 nitrogen and oxygen atoms in total. The molecule has 0 saturated heterocycles. The molecule has 0 saturated carbocycles. The molecule has 0 amide bonds. The lowest BCUT2D eigenvalue weighted by Crippen LogP contribution is -2.11. The molecular weight excluding hydrogens is 315 g/mol. The number of carbonyl (C=O) groups excluding carboxylic acids is 1. The van der Waals surface area contributed by atoms with Crippen molar-refractivity contribution >= 4 is 33.3 Å². The zero-order valence-corrected chi connectivity index (χ0v) is 9.88. The van der Waals surface area contributed by atoms with Crippen LogP contribution in [0.1, 0.15) is 15.9 Å². The van der Waals surface area contributed by atoms with E-state index in [9.17, 15) is 22.4 Å². The van der Waals surface area contributed by atoms with Gasteiger partial charge >= 0.3 is 6.18 Å². The number of hydrogen-bond acceptors (Lipinski definition) is 1. The van der Waals surface area contributed by atoms with Crippen molar-refractivity contribution in [2.75, 3.05) is 5.33 Å². The second kappa shape index (κ2) is 4.71. The first-order valence-corrected chi connectivity index (χ1v) is 5.42. The van der Waals surface area contributed by atoms with Crippen molar-refractivity contribution in [1.29, 1.82) is 0 Å². The van der Waals surface area contributed by atoms with Gasteiger partial charge in [0.1, 0.15) is 5.82 Å². The van der Waals surface area contributed by atoms with Gasteiger partial charge in [0.15, 0.2) is 5.78 Å². The topological polar surface area (TPSA) is 17.1 Å². The van der Waals surface area contributed by atoms with Crippen LogP contribution in [0.25, 0.3) is 0 Å². The van der Waals surface area contributed by atoms with E-state index < -0.39 is 33.9 Å². The first-order chi connectivity index (χ1) is 7.27. The van der Waals surface area contributed by atoms with E-state index in [0.717, 1.165) is 0 Å². The molecular formula is C9H4BrClF4O. The molecule has 16 heavy (non-hydrogen) atoms. The standard InChI is InChI=1S/C9H4BrClF4O/c10-3-7(16)5-1-4(12)2-6(8(5)11)9(13,14)15/h1-2H,3H2. The summed E-state index contributed by atoms with van der Waals surface area (Å²) in [4.78, 5) is 11.2. The summed E-state index contributed by atoms with van der Waals surface area (Å²) in [5.74, 6) is -1.86. The number of alkyl halides is 4. The lowest BCUT2D eigenvalue weighted by atomic mass is 10.1. The molecule has 0 radical (unpaired) electrons. The molecule has 7 heteroatoms. The number of ketones is 1. The summed E-state index contributed by atoms with van der Waals surface area (Å²) in [7, 11) is 0. The van der Waals surface area contributed by atoms with E-state index in [1.807, 2.05) is 0 Å². The molecule has 0 aliphatic heterocycles. The minimum absolute atomic E-state index is 0.229. The van der Waals surface area contributed by atoms with Crippen LogP contribution in [0, 0.1) is 5.82 Å². The Morgan fingerprint density at radius 2 is 1.94 bits per heavy atom. The van der Waals surface area contributed by atoms with Crippen LogP contribution in [0.3, 0.4) is 0 Å². The molecule has 0 heterocycles. The predicted molar refractivity (Wildman–Crippen MR) is 54.5 cm³/mol. The van der Waals surface area contributed by atoms with E-state index in [4.69, 9.17) is 11.6 Å². The van der Waals surface area contributed by atoms with Crippen molar-refractivity contribution in [1.82, 2.24) is 0 Å². The number of hydrogen-bond donors (Lipinski definition) is 0. The normalized spacial score (nSPS) is 11.6. The Hall–Kier alpha value is -0.620. The van der Waals surface area contributed by atoms with Gasteiger partial charge in [-0.25, -0.2) is 4.39 Å². The highest BCUT2D eigenvalue weighted by Crippen LogP contribution is 2.37. The molecule has 0 fully saturated rings. The van der Waals surface area contributed by atoms with Crippen molar-refractivity contribution in [3.05, 3.63) is 34.1 Å². The molecule has 0 aliphatic carbocycles. The van der Waals surface area contributed by atoms with Gasteiger partial charge in [-0.3, -0.25) is 4.79 Å². The third-order valence-corrected chi connectivity index (χ3v) is 2.68. The summed E-state index contributed by atoms with van der Waals surface area (Å²) < 4.78 is 50.1. The van der Waals surface area contributed by atoms with Gasteiger partial charge < -0.3 is 0 Å². The minimum atomic E-state index is -4.79. The average Bonchev–Trinajstić information content (AvgIpc) is 2.18. The van der Waals surface area contributed by atoms with Crippen LogP contribution in [0.15, 0.2) is 12.1 Å². The van der Waals surface area contributed by atoms with Crippen LogP contribution in [0.2, 0.25) is 5.02 Å². The van der Waals surface area contributed by atoms with Crippen molar-refractivity contribution < 1.29 is 22.4 Å². The Balaban J connectivity index is 3.44. The lowest BCUT2D eigenvalue weighted by Gasteiger charge is -2.11. The van der Waals surface area contributed by atoms with E-state index in [1.165, 1.54) is 0 Å². The summed E-state index contributed by atoms with van der Waals surface area (Å²) in [6, 6.07) is 0.939. The van der Waals surface area contributed by atoms with Crippen LogP contribution >= 0.6 is 27.5 Å². The maximum Gasteiger partial charge on any atom is 0.417 e. The number of carbonyl (C=O) groups is 1. The first-order valence-electron chi connectivity index (χ1n) is 3.92. The highest BCUT2D eigenvalue weighted by Gasteiger charge is 2.35. The van der Waals surface area contributed by atoms with Crippen LogP contribution in [-0.2, 0) is 6.18 Å².